The number of benzene rings is 1. The Morgan fingerprint density at radius 1 is 1.15 bits per heavy atom. The molecule has 2 amide bonds. The highest BCUT2D eigenvalue weighted by atomic mass is 19.4. The number of imide groups is 1. The van der Waals surface area contributed by atoms with Gasteiger partial charge in [-0.2, -0.15) is 13.2 Å². The van der Waals surface area contributed by atoms with Crippen LogP contribution >= 0.6 is 0 Å². The fourth-order valence-electron chi connectivity index (χ4n) is 3.44. The minimum atomic E-state index is -4.56. The molecule has 2 fully saturated rings. The van der Waals surface area contributed by atoms with E-state index in [1.54, 1.807) is 4.90 Å². The quantitative estimate of drug-likeness (QED) is 0.616. The summed E-state index contributed by atoms with van der Waals surface area (Å²) in [7, 11) is 0. The van der Waals surface area contributed by atoms with Crippen molar-refractivity contribution < 1.29 is 27.6 Å². The predicted molar refractivity (Wildman–Crippen MR) is 92.2 cm³/mol. The number of hydrogen-bond donors (Lipinski definition) is 2. The van der Waals surface area contributed by atoms with Crippen LogP contribution in [0.2, 0.25) is 0 Å². The molecule has 27 heavy (non-hydrogen) atoms. The lowest BCUT2D eigenvalue weighted by molar-refractivity contribution is -0.137. The van der Waals surface area contributed by atoms with Gasteiger partial charge in [0.05, 0.1) is 5.56 Å². The Balaban J connectivity index is 1.81. The maximum Gasteiger partial charge on any atom is 0.418 e. The van der Waals surface area contributed by atoms with Gasteiger partial charge >= 0.3 is 6.18 Å². The number of nitrogens with zero attached hydrogens (tertiary/aromatic N) is 1. The summed E-state index contributed by atoms with van der Waals surface area (Å²) in [6, 6.07) is 3.13. The van der Waals surface area contributed by atoms with Crippen LogP contribution in [0.4, 0.5) is 24.5 Å². The van der Waals surface area contributed by atoms with Crippen LogP contribution in [0.15, 0.2) is 18.2 Å². The standard InChI is InChI=1S/C18H20F3N3O3/c19-18(20,21)13-9-12(22-14-2-4-16(26)23-17(14)27)1-3-15(13)24-7-5-11(10-25)6-8-24/h1,3,9-11,14,22H,2,4-8H2,(H,23,26,27). The fourth-order valence-corrected chi connectivity index (χ4v) is 3.44. The Morgan fingerprint density at radius 3 is 2.44 bits per heavy atom. The van der Waals surface area contributed by atoms with E-state index in [-0.39, 0.29) is 36.0 Å². The van der Waals surface area contributed by atoms with E-state index in [2.05, 4.69) is 10.6 Å². The van der Waals surface area contributed by atoms with Crippen LogP contribution in [0.3, 0.4) is 0 Å². The SMILES string of the molecule is O=CC1CCN(c2ccc(NC3CCC(=O)NC3=O)cc2C(F)(F)F)CC1. The summed E-state index contributed by atoms with van der Waals surface area (Å²) in [5.74, 6) is -1.04. The average Bonchev–Trinajstić information content (AvgIpc) is 2.63. The van der Waals surface area contributed by atoms with Gasteiger partial charge in [-0.15, -0.1) is 0 Å². The number of anilines is 2. The molecule has 1 aromatic rings. The highest BCUT2D eigenvalue weighted by molar-refractivity contribution is 6.01. The first kappa shape index (κ1) is 19.2. The second kappa shape index (κ2) is 7.58. The molecule has 1 unspecified atom stereocenters. The minimum Gasteiger partial charge on any atom is -0.374 e. The summed E-state index contributed by atoms with van der Waals surface area (Å²) in [6.07, 6.45) is -2.28. The van der Waals surface area contributed by atoms with Crippen molar-refractivity contribution in [3.05, 3.63) is 23.8 Å². The highest BCUT2D eigenvalue weighted by Gasteiger charge is 2.36. The molecule has 2 N–H and O–H groups in total. The number of nitrogens with one attached hydrogen (secondary N) is 2. The number of halogens is 3. The molecule has 0 aliphatic carbocycles. The van der Waals surface area contributed by atoms with Crippen molar-refractivity contribution in [1.29, 1.82) is 0 Å². The molecule has 6 nitrogen and oxygen atoms in total. The predicted octanol–water partition coefficient (Wildman–Crippen LogP) is 2.34. The zero-order valence-corrected chi connectivity index (χ0v) is 14.5. The zero-order valence-electron chi connectivity index (χ0n) is 14.5. The molecule has 0 spiro atoms. The van der Waals surface area contributed by atoms with Gasteiger partial charge in [-0.25, -0.2) is 0 Å². The number of aldehydes is 1. The topological polar surface area (TPSA) is 78.5 Å². The summed E-state index contributed by atoms with van der Waals surface area (Å²) in [4.78, 5) is 35.5. The Hall–Kier alpha value is -2.58. The number of carbonyl (C=O) groups is 3. The minimum absolute atomic E-state index is 0.0701. The van der Waals surface area contributed by atoms with Gasteiger partial charge in [0.15, 0.2) is 0 Å². The summed E-state index contributed by atoms with van der Waals surface area (Å²) >= 11 is 0. The molecule has 0 radical (unpaired) electrons. The lowest BCUT2D eigenvalue weighted by Gasteiger charge is -2.33. The van der Waals surface area contributed by atoms with E-state index in [4.69, 9.17) is 0 Å². The molecular weight excluding hydrogens is 363 g/mol. The van der Waals surface area contributed by atoms with Crippen LogP contribution in [0.25, 0.3) is 0 Å². The van der Waals surface area contributed by atoms with Crippen LogP contribution < -0.4 is 15.5 Å². The molecule has 1 aromatic carbocycles. The van der Waals surface area contributed by atoms with E-state index in [0.29, 0.717) is 25.9 Å². The smallest absolute Gasteiger partial charge is 0.374 e. The first-order valence-electron chi connectivity index (χ1n) is 8.79. The van der Waals surface area contributed by atoms with Gasteiger partial charge < -0.3 is 15.0 Å². The second-order valence-electron chi connectivity index (χ2n) is 6.84. The number of alkyl halides is 3. The van der Waals surface area contributed by atoms with Crippen molar-refractivity contribution in [2.24, 2.45) is 5.92 Å². The van der Waals surface area contributed by atoms with Crippen molar-refractivity contribution in [3.8, 4) is 0 Å². The Kier molecular flexibility index (Phi) is 5.38. The molecule has 2 saturated heterocycles. The lowest BCUT2D eigenvalue weighted by Crippen LogP contribution is -2.47. The highest BCUT2D eigenvalue weighted by Crippen LogP contribution is 2.39. The van der Waals surface area contributed by atoms with Crippen molar-refractivity contribution in [3.63, 3.8) is 0 Å². The van der Waals surface area contributed by atoms with E-state index < -0.39 is 23.7 Å². The Labute approximate surface area is 154 Å². The molecule has 146 valence electrons. The second-order valence-corrected chi connectivity index (χ2v) is 6.84. The van der Waals surface area contributed by atoms with Crippen LogP contribution in [0.5, 0.6) is 0 Å². The van der Waals surface area contributed by atoms with Gasteiger partial charge in [-0.05, 0) is 37.5 Å². The lowest BCUT2D eigenvalue weighted by atomic mass is 9.97. The molecule has 2 aliphatic heterocycles. The summed E-state index contributed by atoms with van der Waals surface area (Å²) in [5.41, 5.74) is -0.548. The van der Waals surface area contributed by atoms with Gasteiger partial charge in [0, 0.05) is 36.8 Å². The molecule has 2 aliphatic rings. The van der Waals surface area contributed by atoms with E-state index in [9.17, 15) is 27.6 Å². The fraction of sp³-hybridized carbons (Fsp3) is 0.500. The van der Waals surface area contributed by atoms with E-state index >= 15 is 0 Å². The van der Waals surface area contributed by atoms with Crippen LogP contribution in [0.1, 0.15) is 31.2 Å². The van der Waals surface area contributed by atoms with E-state index in [1.165, 1.54) is 12.1 Å². The molecule has 9 heteroatoms. The van der Waals surface area contributed by atoms with Gasteiger partial charge in [-0.3, -0.25) is 14.9 Å². The maximum absolute atomic E-state index is 13.6. The largest absolute Gasteiger partial charge is 0.418 e. The summed E-state index contributed by atoms with van der Waals surface area (Å²) in [5, 5.41) is 4.95. The molecule has 0 bridgehead atoms. The number of hydrogen-bond acceptors (Lipinski definition) is 5. The first-order valence-corrected chi connectivity index (χ1v) is 8.79. The van der Waals surface area contributed by atoms with Crippen molar-refractivity contribution in [2.75, 3.05) is 23.3 Å². The number of piperidine rings is 2. The van der Waals surface area contributed by atoms with Crippen molar-refractivity contribution in [1.82, 2.24) is 5.32 Å². The van der Waals surface area contributed by atoms with E-state index in [1.807, 2.05) is 0 Å². The summed E-state index contributed by atoms with van der Waals surface area (Å²) < 4.78 is 40.8. The summed E-state index contributed by atoms with van der Waals surface area (Å²) in [6.45, 7) is 0.763. The van der Waals surface area contributed by atoms with E-state index in [0.717, 1.165) is 12.4 Å². The first-order chi connectivity index (χ1) is 12.8. The third kappa shape index (κ3) is 4.40. The third-order valence-corrected chi connectivity index (χ3v) is 4.95. The number of rotatable bonds is 4. The zero-order chi connectivity index (χ0) is 19.6. The Bertz CT molecular complexity index is 743. The van der Waals surface area contributed by atoms with Gasteiger partial charge in [0.2, 0.25) is 11.8 Å². The average molecular weight is 383 g/mol. The van der Waals surface area contributed by atoms with Crippen LogP contribution in [-0.2, 0) is 20.6 Å². The van der Waals surface area contributed by atoms with Gasteiger partial charge in [0.25, 0.3) is 0 Å². The number of carbonyl (C=O) groups excluding carboxylic acids is 3. The van der Waals surface area contributed by atoms with Crippen molar-refractivity contribution >= 4 is 29.5 Å². The molecular formula is C18H20F3N3O3. The Morgan fingerprint density at radius 2 is 1.85 bits per heavy atom. The van der Waals surface area contributed by atoms with Crippen molar-refractivity contribution in [2.45, 2.75) is 37.9 Å². The molecule has 0 aromatic heterocycles. The van der Waals surface area contributed by atoms with Gasteiger partial charge in [0.1, 0.15) is 12.3 Å². The maximum atomic E-state index is 13.6. The number of amides is 2. The monoisotopic (exact) mass is 383 g/mol. The van der Waals surface area contributed by atoms with Crippen LogP contribution in [0, 0.1) is 5.92 Å². The van der Waals surface area contributed by atoms with Crippen LogP contribution in [-0.4, -0.2) is 37.2 Å². The normalized spacial score (nSPS) is 21.7. The third-order valence-electron chi connectivity index (χ3n) is 4.95. The molecule has 1 atom stereocenters. The molecule has 2 heterocycles. The molecule has 3 rings (SSSR count). The van der Waals surface area contributed by atoms with Gasteiger partial charge in [-0.1, -0.05) is 0 Å². The molecule has 0 saturated carbocycles.